The van der Waals surface area contributed by atoms with E-state index in [2.05, 4.69) is 50.7 Å². The number of aryl methyl sites for hydroxylation is 1. The number of rotatable bonds is 6. The van der Waals surface area contributed by atoms with E-state index in [1.54, 1.807) is 17.5 Å². The maximum atomic E-state index is 10.6. The van der Waals surface area contributed by atoms with Crippen molar-refractivity contribution in [2.45, 2.75) is 56.8 Å². The molecule has 7 nitrogen and oxygen atoms in total. The number of hydrogen-bond donors (Lipinski definition) is 3. The molecule has 6 rings (SSSR count). The van der Waals surface area contributed by atoms with Gasteiger partial charge in [-0.2, -0.15) is 4.98 Å². The smallest absolute Gasteiger partial charge is 0.230 e. The molecule has 2 saturated carbocycles. The number of anilines is 2. The van der Waals surface area contributed by atoms with Crippen molar-refractivity contribution in [1.29, 1.82) is 0 Å². The van der Waals surface area contributed by atoms with Crippen LogP contribution in [0.2, 0.25) is 0 Å². The van der Waals surface area contributed by atoms with Crippen LogP contribution in [0.1, 0.15) is 42.7 Å². The fraction of sp³-hybridized carbons (Fsp3) is 0.458. The Bertz CT molecular complexity index is 1140. The summed E-state index contributed by atoms with van der Waals surface area (Å²) in [6, 6.07) is 8.71. The average Bonchev–Trinajstić information content (AvgIpc) is 3.49. The number of aliphatic hydroxyl groups is 1. The third kappa shape index (κ3) is 3.76. The van der Waals surface area contributed by atoms with Crippen LogP contribution >= 0.6 is 11.3 Å². The van der Waals surface area contributed by atoms with Gasteiger partial charge in [0.2, 0.25) is 11.8 Å². The van der Waals surface area contributed by atoms with Crippen molar-refractivity contribution in [3.05, 3.63) is 47.2 Å². The fourth-order valence-electron chi connectivity index (χ4n) is 5.03. The SMILES string of the molecule is Cc1cc(Nc2nccc(O[C@H]3C[C@@H]4C[C@@H]3CN4)n2)cc(-c2cnc(C3(O)CCC3)s2)c1. The standard InChI is InChI=1S/C24H27N5O2S/c1-14-7-15(20-13-27-22(32-20)24(30)4-2-5-24)9-18(8-14)28-23-25-6-3-21(29-23)31-19-11-17-10-16(19)12-26-17/h3,6-9,13,16-17,19,26,30H,2,4-5,10-12H2,1H3,(H,25,28,29)/t16-,17+,19+/m1/s1. The van der Waals surface area contributed by atoms with E-state index < -0.39 is 5.60 Å². The highest BCUT2D eigenvalue weighted by Crippen LogP contribution is 2.44. The van der Waals surface area contributed by atoms with E-state index in [9.17, 15) is 5.11 Å². The minimum absolute atomic E-state index is 0.237. The van der Waals surface area contributed by atoms with Gasteiger partial charge in [-0.05, 0) is 62.3 Å². The second kappa shape index (κ2) is 7.79. The summed E-state index contributed by atoms with van der Waals surface area (Å²) in [5, 5.41) is 18.3. The molecule has 3 aromatic rings. The first-order valence-corrected chi connectivity index (χ1v) is 12.2. The molecule has 1 saturated heterocycles. The van der Waals surface area contributed by atoms with Gasteiger partial charge >= 0.3 is 0 Å². The van der Waals surface area contributed by atoms with Gasteiger partial charge in [0, 0.05) is 42.7 Å². The van der Waals surface area contributed by atoms with E-state index >= 15 is 0 Å². The van der Waals surface area contributed by atoms with Gasteiger partial charge in [0.25, 0.3) is 0 Å². The number of thiazole rings is 1. The van der Waals surface area contributed by atoms with Crippen LogP contribution in [0.5, 0.6) is 5.88 Å². The number of aromatic nitrogens is 3. The zero-order valence-electron chi connectivity index (χ0n) is 18.0. The highest BCUT2D eigenvalue weighted by Gasteiger charge is 2.41. The summed E-state index contributed by atoms with van der Waals surface area (Å²) < 4.78 is 6.19. The van der Waals surface area contributed by atoms with Crippen molar-refractivity contribution < 1.29 is 9.84 Å². The van der Waals surface area contributed by atoms with Gasteiger partial charge in [-0.1, -0.05) is 6.07 Å². The minimum atomic E-state index is -0.725. The quantitative estimate of drug-likeness (QED) is 0.521. The molecule has 3 N–H and O–H groups in total. The van der Waals surface area contributed by atoms with E-state index in [0.29, 0.717) is 23.8 Å². The van der Waals surface area contributed by atoms with Crippen molar-refractivity contribution in [2.75, 3.05) is 11.9 Å². The van der Waals surface area contributed by atoms with Crippen molar-refractivity contribution in [1.82, 2.24) is 20.3 Å². The lowest BCUT2D eigenvalue weighted by Crippen LogP contribution is -2.35. The molecule has 2 aromatic heterocycles. The van der Waals surface area contributed by atoms with Gasteiger partial charge in [0.1, 0.15) is 16.7 Å². The monoisotopic (exact) mass is 449 g/mol. The average molecular weight is 450 g/mol. The predicted octanol–water partition coefficient (Wildman–Crippen LogP) is 4.15. The molecule has 0 unspecified atom stereocenters. The molecule has 3 fully saturated rings. The molecule has 3 aliphatic rings. The molecule has 0 radical (unpaired) electrons. The second-order valence-electron chi connectivity index (χ2n) is 9.34. The van der Waals surface area contributed by atoms with Crippen LogP contribution in [0.4, 0.5) is 11.6 Å². The van der Waals surface area contributed by atoms with Crippen LogP contribution in [0, 0.1) is 12.8 Å². The lowest BCUT2D eigenvalue weighted by molar-refractivity contribution is -0.0389. The molecule has 3 heterocycles. The highest BCUT2D eigenvalue weighted by molar-refractivity contribution is 7.15. The number of nitrogens with zero attached hydrogens (tertiary/aromatic N) is 3. The molecule has 0 amide bonds. The number of nitrogens with one attached hydrogen (secondary N) is 2. The molecular formula is C24H27N5O2S. The Hall–Kier alpha value is -2.55. The fourth-order valence-corrected chi connectivity index (χ4v) is 6.08. The van der Waals surface area contributed by atoms with Gasteiger partial charge < -0.3 is 20.5 Å². The summed E-state index contributed by atoms with van der Waals surface area (Å²) >= 11 is 1.57. The molecular weight excluding hydrogens is 422 g/mol. The minimum Gasteiger partial charge on any atom is -0.474 e. The topological polar surface area (TPSA) is 92.2 Å². The summed E-state index contributed by atoms with van der Waals surface area (Å²) in [6.45, 7) is 3.11. The maximum Gasteiger partial charge on any atom is 0.230 e. The first kappa shape index (κ1) is 20.1. The summed E-state index contributed by atoms with van der Waals surface area (Å²) in [4.78, 5) is 14.5. The van der Waals surface area contributed by atoms with E-state index in [1.807, 2.05) is 12.3 Å². The Kier molecular flexibility index (Phi) is 4.89. The van der Waals surface area contributed by atoms with Crippen molar-refractivity contribution in [3.8, 4) is 16.3 Å². The zero-order valence-corrected chi connectivity index (χ0v) is 18.9. The Morgan fingerprint density at radius 3 is 2.88 bits per heavy atom. The van der Waals surface area contributed by atoms with Gasteiger partial charge in [0.05, 0.1) is 4.88 Å². The largest absolute Gasteiger partial charge is 0.474 e. The molecule has 1 aromatic carbocycles. The van der Waals surface area contributed by atoms with Crippen LogP contribution in [0.25, 0.3) is 10.4 Å². The molecule has 32 heavy (non-hydrogen) atoms. The van der Waals surface area contributed by atoms with Gasteiger partial charge in [0.15, 0.2) is 0 Å². The number of benzene rings is 1. The molecule has 2 bridgehead atoms. The Morgan fingerprint density at radius 2 is 2.12 bits per heavy atom. The van der Waals surface area contributed by atoms with Crippen LogP contribution < -0.4 is 15.4 Å². The number of ether oxygens (including phenoxy) is 1. The Morgan fingerprint density at radius 1 is 1.22 bits per heavy atom. The number of fused-ring (bicyclic) bond motifs is 2. The van der Waals surface area contributed by atoms with E-state index in [0.717, 1.165) is 58.9 Å². The third-order valence-electron chi connectivity index (χ3n) is 6.90. The van der Waals surface area contributed by atoms with Crippen LogP contribution in [0.3, 0.4) is 0 Å². The Balaban J connectivity index is 1.20. The normalized spacial score (nSPS) is 25.5. The number of hydrogen-bond acceptors (Lipinski definition) is 8. The van der Waals surface area contributed by atoms with Gasteiger partial charge in [-0.15, -0.1) is 11.3 Å². The first-order valence-electron chi connectivity index (χ1n) is 11.3. The zero-order chi connectivity index (χ0) is 21.7. The predicted molar refractivity (Wildman–Crippen MR) is 124 cm³/mol. The highest BCUT2D eigenvalue weighted by atomic mass is 32.1. The van der Waals surface area contributed by atoms with Crippen molar-refractivity contribution >= 4 is 23.0 Å². The lowest BCUT2D eigenvalue weighted by Gasteiger charge is -2.34. The molecule has 1 aliphatic heterocycles. The molecule has 0 spiro atoms. The van der Waals surface area contributed by atoms with Crippen molar-refractivity contribution in [2.24, 2.45) is 5.92 Å². The van der Waals surface area contributed by atoms with Gasteiger partial charge in [-0.25, -0.2) is 9.97 Å². The molecule has 3 atom stereocenters. The summed E-state index contributed by atoms with van der Waals surface area (Å²) in [5.41, 5.74) is 2.39. The van der Waals surface area contributed by atoms with E-state index in [4.69, 9.17) is 4.74 Å². The van der Waals surface area contributed by atoms with Crippen LogP contribution in [0.15, 0.2) is 36.7 Å². The van der Waals surface area contributed by atoms with Crippen molar-refractivity contribution in [3.63, 3.8) is 0 Å². The summed E-state index contributed by atoms with van der Waals surface area (Å²) in [5.74, 6) is 1.72. The van der Waals surface area contributed by atoms with Gasteiger partial charge in [-0.3, -0.25) is 0 Å². The van der Waals surface area contributed by atoms with Crippen LogP contribution in [-0.2, 0) is 5.60 Å². The lowest BCUT2D eigenvalue weighted by atomic mass is 9.81. The molecule has 8 heteroatoms. The second-order valence-corrected chi connectivity index (χ2v) is 10.4. The molecule has 2 aliphatic carbocycles. The maximum absolute atomic E-state index is 10.6. The Labute approximate surface area is 191 Å². The van der Waals surface area contributed by atoms with Crippen LogP contribution in [-0.4, -0.2) is 38.7 Å². The van der Waals surface area contributed by atoms with E-state index in [-0.39, 0.29) is 6.10 Å². The summed E-state index contributed by atoms with van der Waals surface area (Å²) in [7, 11) is 0. The molecule has 166 valence electrons. The van der Waals surface area contributed by atoms with E-state index in [1.165, 1.54) is 6.42 Å². The summed E-state index contributed by atoms with van der Waals surface area (Å²) in [6.07, 6.45) is 8.75. The number of piperidine rings is 1. The first-order chi connectivity index (χ1) is 15.5. The third-order valence-corrected chi connectivity index (χ3v) is 8.14.